The van der Waals surface area contributed by atoms with Crippen molar-refractivity contribution < 1.29 is 9.53 Å². The number of nitrogens with zero attached hydrogens (tertiary/aromatic N) is 1. The van der Waals surface area contributed by atoms with Crippen LogP contribution in [0, 0.1) is 5.92 Å². The fraction of sp³-hybridized carbons (Fsp3) is 0.533. The summed E-state index contributed by atoms with van der Waals surface area (Å²) in [5, 5.41) is 0. The van der Waals surface area contributed by atoms with Gasteiger partial charge in [-0.1, -0.05) is 19.4 Å². The van der Waals surface area contributed by atoms with Crippen molar-refractivity contribution in [1.82, 2.24) is 0 Å². The molecule has 1 saturated heterocycles. The number of piperidine rings is 1. The highest BCUT2D eigenvalue weighted by Gasteiger charge is 2.22. The number of ether oxygens (including phenoxy) is 1. The van der Waals surface area contributed by atoms with Gasteiger partial charge in [-0.2, -0.15) is 0 Å². The minimum atomic E-state index is -0.372. The monoisotopic (exact) mass is 262 g/mol. The maximum Gasteiger partial charge on any atom is 0.340 e. The lowest BCUT2D eigenvalue weighted by Gasteiger charge is -2.35. The summed E-state index contributed by atoms with van der Waals surface area (Å²) in [5.41, 5.74) is 8.08. The van der Waals surface area contributed by atoms with Crippen LogP contribution in [-0.2, 0) is 4.74 Å². The lowest BCUT2D eigenvalue weighted by Crippen LogP contribution is -2.35. The van der Waals surface area contributed by atoms with E-state index in [0.717, 1.165) is 24.7 Å². The third-order valence-electron chi connectivity index (χ3n) is 3.93. The zero-order chi connectivity index (χ0) is 13.8. The van der Waals surface area contributed by atoms with E-state index in [1.165, 1.54) is 26.4 Å². The van der Waals surface area contributed by atoms with Crippen molar-refractivity contribution in [3.63, 3.8) is 0 Å². The summed E-state index contributed by atoms with van der Waals surface area (Å²) in [6, 6.07) is 5.57. The van der Waals surface area contributed by atoms with E-state index in [-0.39, 0.29) is 5.97 Å². The van der Waals surface area contributed by atoms with E-state index in [1.807, 2.05) is 12.1 Å². The molecule has 0 spiro atoms. The van der Waals surface area contributed by atoms with Crippen LogP contribution in [0.5, 0.6) is 0 Å². The molecule has 1 atom stereocenters. The van der Waals surface area contributed by atoms with E-state index in [2.05, 4.69) is 11.8 Å². The van der Waals surface area contributed by atoms with Gasteiger partial charge in [-0.3, -0.25) is 0 Å². The molecule has 0 saturated carbocycles. The van der Waals surface area contributed by atoms with Crippen LogP contribution < -0.4 is 10.6 Å². The van der Waals surface area contributed by atoms with Crippen molar-refractivity contribution >= 4 is 17.3 Å². The summed E-state index contributed by atoms with van der Waals surface area (Å²) in [6.45, 7) is 4.25. The molecule has 0 radical (unpaired) electrons. The van der Waals surface area contributed by atoms with Crippen LogP contribution in [0.3, 0.4) is 0 Å². The van der Waals surface area contributed by atoms with Gasteiger partial charge in [0.05, 0.1) is 24.0 Å². The molecule has 0 amide bonds. The van der Waals surface area contributed by atoms with Crippen LogP contribution in [0.25, 0.3) is 0 Å². The number of anilines is 2. The number of para-hydroxylation sites is 1. The molecule has 1 aromatic rings. The first kappa shape index (κ1) is 13.7. The summed E-state index contributed by atoms with van der Waals surface area (Å²) >= 11 is 0. The number of methoxy groups -OCH3 is 1. The Kier molecular flexibility index (Phi) is 4.30. The Morgan fingerprint density at radius 3 is 3.00 bits per heavy atom. The maximum absolute atomic E-state index is 11.7. The number of hydrogen-bond donors (Lipinski definition) is 1. The maximum atomic E-state index is 11.7. The zero-order valence-electron chi connectivity index (χ0n) is 11.7. The van der Waals surface area contributed by atoms with Gasteiger partial charge in [0.1, 0.15) is 0 Å². The molecule has 1 heterocycles. The minimum Gasteiger partial charge on any atom is -0.465 e. The average Bonchev–Trinajstić information content (AvgIpc) is 2.46. The largest absolute Gasteiger partial charge is 0.465 e. The molecule has 1 aromatic carbocycles. The van der Waals surface area contributed by atoms with Crippen molar-refractivity contribution in [3.8, 4) is 0 Å². The van der Waals surface area contributed by atoms with Gasteiger partial charge in [0, 0.05) is 13.1 Å². The summed E-state index contributed by atoms with van der Waals surface area (Å²) in [4.78, 5) is 14.0. The smallest absolute Gasteiger partial charge is 0.340 e. The number of carbonyl (C=O) groups is 1. The van der Waals surface area contributed by atoms with Crippen LogP contribution in [0.15, 0.2) is 18.2 Å². The SMILES string of the molecule is CCC1CCCN(c2cccc(C(=O)OC)c2N)C1. The highest BCUT2D eigenvalue weighted by atomic mass is 16.5. The molecule has 1 aliphatic rings. The highest BCUT2D eigenvalue weighted by molar-refractivity contribution is 5.98. The van der Waals surface area contributed by atoms with Gasteiger partial charge in [0.25, 0.3) is 0 Å². The van der Waals surface area contributed by atoms with Crippen molar-refractivity contribution in [2.45, 2.75) is 26.2 Å². The lowest BCUT2D eigenvalue weighted by molar-refractivity contribution is 0.0602. The number of esters is 1. The second kappa shape index (κ2) is 5.95. The summed E-state index contributed by atoms with van der Waals surface area (Å²) in [6.07, 6.45) is 3.65. The van der Waals surface area contributed by atoms with Gasteiger partial charge in [-0.25, -0.2) is 4.79 Å². The van der Waals surface area contributed by atoms with Gasteiger partial charge in [0.15, 0.2) is 0 Å². The van der Waals surface area contributed by atoms with Crippen molar-refractivity contribution in [1.29, 1.82) is 0 Å². The van der Waals surface area contributed by atoms with E-state index >= 15 is 0 Å². The van der Waals surface area contributed by atoms with Crippen molar-refractivity contribution in [2.24, 2.45) is 5.92 Å². The van der Waals surface area contributed by atoms with Crippen molar-refractivity contribution in [2.75, 3.05) is 30.8 Å². The predicted octanol–water partition coefficient (Wildman–Crippen LogP) is 2.68. The van der Waals surface area contributed by atoms with Crippen LogP contribution in [0.2, 0.25) is 0 Å². The fourth-order valence-corrected chi connectivity index (χ4v) is 2.73. The third kappa shape index (κ3) is 2.83. The summed E-state index contributed by atoms with van der Waals surface area (Å²) in [7, 11) is 1.38. The first-order chi connectivity index (χ1) is 9.17. The second-order valence-corrected chi connectivity index (χ2v) is 5.09. The van der Waals surface area contributed by atoms with E-state index in [0.29, 0.717) is 11.3 Å². The molecule has 104 valence electrons. The zero-order valence-corrected chi connectivity index (χ0v) is 11.7. The summed E-state index contributed by atoms with van der Waals surface area (Å²) in [5.74, 6) is 0.346. The van der Waals surface area contributed by atoms with Crippen LogP contribution in [0.1, 0.15) is 36.5 Å². The van der Waals surface area contributed by atoms with E-state index in [1.54, 1.807) is 6.07 Å². The molecule has 1 aliphatic heterocycles. The van der Waals surface area contributed by atoms with Gasteiger partial charge in [-0.15, -0.1) is 0 Å². The molecule has 1 unspecified atom stereocenters. The number of nitrogen functional groups attached to an aromatic ring is 1. The lowest BCUT2D eigenvalue weighted by atomic mass is 9.95. The number of rotatable bonds is 3. The molecule has 4 heteroatoms. The van der Waals surface area contributed by atoms with E-state index < -0.39 is 0 Å². The van der Waals surface area contributed by atoms with Gasteiger partial charge in [-0.05, 0) is 30.9 Å². The average molecular weight is 262 g/mol. The Morgan fingerprint density at radius 2 is 2.32 bits per heavy atom. The Hall–Kier alpha value is -1.71. The van der Waals surface area contributed by atoms with Crippen LogP contribution >= 0.6 is 0 Å². The minimum absolute atomic E-state index is 0.372. The molecule has 1 fully saturated rings. The molecular formula is C15H22N2O2. The first-order valence-electron chi connectivity index (χ1n) is 6.89. The third-order valence-corrected chi connectivity index (χ3v) is 3.93. The van der Waals surface area contributed by atoms with Gasteiger partial charge < -0.3 is 15.4 Å². The molecule has 0 aliphatic carbocycles. The molecule has 2 N–H and O–H groups in total. The van der Waals surface area contributed by atoms with E-state index in [9.17, 15) is 4.79 Å². The van der Waals surface area contributed by atoms with Crippen LogP contribution in [0.4, 0.5) is 11.4 Å². The Morgan fingerprint density at radius 1 is 1.53 bits per heavy atom. The number of benzene rings is 1. The number of nitrogens with two attached hydrogens (primary N) is 1. The molecular weight excluding hydrogens is 240 g/mol. The first-order valence-corrected chi connectivity index (χ1v) is 6.89. The fourth-order valence-electron chi connectivity index (χ4n) is 2.73. The second-order valence-electron chi connectivity index (χ2n) is 5.09. The number of hydrogen-bond acceptors (Lipinski definition) is 4. The molecule has 4 nitrogen and oxygen atoms in total. The number of carbonyl (C=O) groups excluding carboxylic acids is 1. The molecule has 0 bridgehead atoms. The summed E-state index contributed by atoms with van der Waals surface area (Å²) < 4.78 is 4.76. The molecule has 19 heavy (non-hydrogen) atoms. The van der Waals surface area contributed by atoms with Crippen molar-refractivity contribution in [3.05, 3.63) is 23.8 Å². The Balaban J connectivity index is 2.27. The standard InChI is InChI=1S/C15H22N2O2/c1-3-11-6-5-9-17(10-11)13-8-4-7-12(14(13)16)15(18)19-2/h4,7-8,11H,3,5-6,9-10,16H2,1-2H3. The quantitative estimate of drug-likeness (QED) is 0.672. The Bertz CT molecular complexity index is 459. The Labute approximate surface area is 114 Å². The van der Waals surface area contributed by atoms with E-state index in [4.69, 9.17) is 10.5 Å². The predicted molar refractivity (Wildman–Crippen MR) is 77.4 cm³/mol. The van der Waals surface area contributed by atoms with Crippen LogP contribution in [-0.4, -0.2) is 26.2 Å². The molecule has 0 aromatic heterocycles. The van der Waals surface area contributed by atoms with Gasteiger partial charge >= 0.3 is 5.97 Å². The van der Waals surface area contributed by atoms with Gasteiger partial charge in [0.2, 0.25) is 0 Å². The topological polar surface area (TPSA) is 55.6 Å². The molecule has 2 rings (SSSR count). The highest BCUT2D eigenvalue weighted by Crippen LogP contribution is 2.31. The normalized spacial score (nSPS) is 19.3.